The molecule has 0 spiro atoms. The summed E-state index contributed by atoms with van der Waals surface area (Å²) in [6, 6.07) is 5.52. The van der Waals surface area contributed by atoms with E-state index >= 15 is 0 Å². The van der Waals surface area contributed by atoms with Crippen molar-refractivity contribution in [1.82, 2.24) is 4.90 Å². The standard InChI is InChI=1S/C14H21NO4/c1-15(5-6-16)10-12(17)11-3-4-13-14(9-11)19-8-2-7-18-13/h3-4,9,12,16-17H,2,5-8,10H2,1H3. The van der Waals surface area contributed by atoms with Crippen LogP contribution in [-0.4, -0.2) is 55.1 Å². The topological polar surface area (TPSA) is 62.2 Å². The van der Waals surface area contributed by atoms with Gasteiger partial charge >= 0.3 is 0 Å². The Hall–Kier alpha value is -1.30. The third-order valence-electron chi connectivity index (χ3n) is 3.12. The maximum absolute atomic E-state index is 10.2. The van der Waals surface area contributed by atoms with Gasteiger partial charge in [-0.15, -0.1) is 0 Å². The van der Waals surface area contributed by atoms with E-state index in [2.05, 4.69) is 0 Å². The van der Waals surface area contributed by atoms with Gasteiger partial charge in [-0.2, -0.15) is 0 Å². The smallest absolute Gasteiger partial charge is 0.161 e. The number of rotatable bonds is 5. The van der Waals surface area contributed by atoms with Gasteiger partial charge in [0.15, 0.2) is 11.5 Å². The average molecular weight is 267 g/mol. The minimum absolute atomic E-state index is 0.0877. The molecule has 1 aliphatic heterocycles. The molecule has 106 valence electrons. The van der Waals surface area contributed by atoms with Crippen LogP contribution in [0.3, 0.4) is 0 Å². The lowest BCUT2D eigenvalue weighted by Gasteiger charge is -2.20. The lowest BCUT2D eigenvalue weighted by atomic mass is 10.1. The highest BCUT2D eigenvalue weighted by molar-refractivity contribution is 5.44. The van der Waals surface area contributed by atoms with Crippen molar-refractivity contribution in [3.05, 3.63) is 23.8 Å². The number of aliphatic hydroxyl groups is 2. The summed E-state index contributed by atoms with van der Waals surface area (Å²) >= 11 is 0. The second kappa shape index (κ2) is 6.75. The summed E-state index contributed by atoms with van der Waals surface area (Å²) in [5, 5.41) is 19.0. The van der Waals surface area contributed by atoms with E-state index in [4.69, 9.17) is 14.6 Å². The van der Waals surface area contributed by atoms with Crippen LogP contribution < -0.4 is 9.47 Å². The Bertz CT molecular complexity index is 410. The number of ether oxygens (including phenoxy) is 2. The summed E-state index contributed by atoms with van der Waals surface area (Å²) in [4.78, 5) is 1.88. The molecule has 0 aliphatic carbocycles. The van der Waals surface area contributed by atoms with Crippen molar-refractivity contribution in [3.8, 4) is 11.5 Å². The molecular weight excluding hydrogens is 246 g/mol. The summed E-state index contributed by atoms with van der Waals surface area (Å²) in [7, 11) is 1.86. The summed E-state index contributed by atoms with van der Waals surface area (Å²) in [5.41, 5.74) is 0.800. The largest absolute Gasteiger partial charge is 0.490 e. The third kappa shape index (κ3) is 3.83. The zero-order valence-electron chi connectivity index (χ0n) is 11.2. The maximum Gasteiger partial charge on any atom is 0.161 e. The highest BCUT2D eigenvalue weighted by Gasteiger charge is 2.15. The van der Waals surface area contributed by atoms with Gasteiger partial charge < -0.3 is 24.6 Å². The van der Waals surface area contributed by atoms with Crippen molar-refractivity contribution in [2.75, 3.05) is 40.0 Å². The van der Waals surface area contributed by atoms with Crippen LogP contribution in [0.25, 0.3) is 0 Å². The van der Waals surface area contributed by atoms with Gasteiger partial charge in [-0.1, -0.05) is 6.07 Å². The van der Waals surface area contributed by atoms with Crippen molar-refractivity contribution < 1.29 is 19.7 Å². The molecule has 0 radical (unpaired) electrons. The predicted molar refractivity (Wildman–Crippen MR) is 71.6 cm³/mol. The van der Waals surface area contributed by atoms with Crippen molar-refractivity contribution in [1.29, 1.82) is 0 Å². The zero-order valence-corrected chi connectivity index (χ0v) is 11.2. The fourth-order valence-corrected chi connectivity index (χ4v) is 2.05. The van der Waals surface area contributed by atoms with Crippen LogP contribution in [0.2, 0.25) is 0 Å². The predicted octanol–water partition coefficient (Wildman–Crippen LogP) is 0.805. The van der Waals surface area contributed by atoms with Crippen molar-refractivity contribution >= 4 is 0 Å². The fourth-order valence-electron chi connectivity index (χ4n) is 2.05. The first-order valence-corrected chi connectivity index (χ1v) is 6.57. The van der Waals surface area contributed by atoms with Crippen LogP contribution in [0.4, 0.5) is 0 Å². The van der Waals surface area contributed by atoms with Crippen molar-refractivity contribution in [2.45, 2.75) is 12.5 Å². The first kappa shape index (κ1) is 14.1. The number of nitrogens with zero attached hydrogens (tertiary/aromatic N) is 1. The molecule has 0 aromatic heterocycles. The van der Waals surface area contributed by atoms with Crippen LogP contribution in [0.1, 0.15) is 18.1 Å². The van der Waals surface area contributed by atoms with Crippen LogP contribution >= 0.6 is 0 Å². The number of hydrogen-bond donors (Lipinski definition) is 2. The number of benzene rings is 1. The number of likely N-dealkylation sites (N-methyl/N-ethyl adjacent to an activating group) is 1. The Kier molecular flexibility index (Phi) is 5.01. The van der Waals surface area contributed by atoms with Gasteiger partial charge in [-0.05, 0) is 24.7 Å². The van der Waals surface area contributed by atoms with Gasteiger partial charge in [0.2, 0.25) is 0 Å². The average Bonchev–Trinajstić information content (AvgIpc) is 2.63. The van der Waals surface area contributed by atoms with Crippen LogP contribution in [-0.2, 0) is 0 Å². The van der Waals surface area contributed by atoms with E-state index in [9.17, 15) is 5.11 Å². The molecule has 0 amide bonds. The summed E-state index contributed by atoms with van der Waals surface area (Å²) < 4.78 is 11.2. The molecule has 5 heteroatoms. The second-order valence-electron chi connectivity index (χ2n) is 4.76. The van der Waals surface area contributed by atoms with E-state index < -0.39 is 6.10 Å². The van der Waals surface area contributed by atoms with Gasteiger partial charge in [0.1, 0.15) is 0 Å². The fraction of sp³-hybridized carbons (Fsp3) is 0.571. The molecule has 1 aliphatic rings. The molecular formula is C14H21NO4. The molecule has 1 unspecified atom stereocenters. The zero-order chi connectivity index (χ0) is 13.7. The maximum atomic E-state index is 10.2. The van der Waals surface area contributed by atoms with E-state index in [1.54, 1.807) is 0 Å². The van der Waals surface area contributed by atoms with Crippen molar-refractivity contribution in [3.63, 3.8) is 0 Å². The van der Waals surface area contributed by atoms with Crippen LogP contribution in [0, 0.1) is 0 Å². The molecule has 2 rings (SSSR count). The molecule has 0 saturated heterocycles. The molecule has 0 bridgehead atoms. The molecule has 0 saturated carbocycles. The molecule has 5 nitrogen and oxygen atoms in total. The first-order chi connectivity index (χ1) is 9.20. The normalized spacial score (nSPS) is 16.2. The molecule has 2 N–H and O–H groups in total. The van der Waals surface area contributed by atoms with E-state index in [1.165, 1.54) is 0 Å². The lowest BCUT2D eigenvalue weighted by Crippen LogP contribution is -2.27. The van der Waals surface area contributed by atoms with Gasteiger partial charge in [0.25, 0.3) is 0 Å². The highest BCUT2D eigenvalue weighted by atomic mass is 16.5. The van der Waals surface area contributed by atoms with Gasteiger partial charge in [-0.25, -0.2) is 0 Å². The Labute approximate surface area is 113 Å². The third-order valence-corrected chi connectivity index (χ3v) is 3.12. The van der Waals surface area contributed by atoms with E-state index in [0.717, 1.165) is 17.7 Å². The van der Waals surface area contributed by atoms with E-state index in [-0.39, 0.29) is 6.61 Å². The van der Waals surface area contributed by atoms with Gasteiger partial charge in [0, 0.05) is 19.5 Å². The van der Waals surface area contributed by atoms with E-state index in [1.807, 2.05) is 30.1 Å². The number of aliphatic hydroxyl groups excluding tert-OH is 2. The summed E-state index contributed by atoms with van der Waals surface area (Å²) in [5.74, 6) is 1.43. The molecule has 1 aromatic carbocycles. The second-order valence-corrected chi connectivity index (χ2v) is 4.76. The van der Waals surface area contributed by atoms with E-state index in [0.29, 0.717) is 32.1 Å². The lowest BCUT2D eigenvalue weighted by molar-refractivity contribution is 0.115. The molecule has 1 heterocycles. The highest BCUT2D eigenvalue weighted by Crippen LogP contribution is 2.32. The quantitative estimate of drug-likeness (QED) is 0.826. The number of hydrogen-bond acceptors (Lipinski definition) is 5. The monoisotopic (exact) mass is 267 g/mol. The Morgan fingerprint density at radius 1 is 1.26 bits per heavy atom. The molecule has 1 atom stereocenters. The minimum atomic E-state index is -0.603. The summed E-state index contributed by atoms with van der Waals surface area (Å²) in [6.45, 7) is 2.40. The Morgan fingerprint density at radius 3 is 2.74 bits per heavy atom. The Morgan fingerprint density at radius 2 is 2.00 bits per heavy atom. The summed E-state index contributed by atoms with van der Waals surface area (Å²) in [6.07, 6.45) is 0.264. The molecule has 19 heavy (non-hydrogen) atoms. The molecule has 1 aromatic rings. The van der Waals surface area contributed by atoms with Crippen molar-refractivity contribution in [2.24, 2.45) is 0 Å². The molecule has 0 fully saturated rings. The minimum Gasteiger partial charge on any atom is -0.490 e. The van der Waals surface area contributed by atoms with Gasteiger partial charge in [0.05, 0.1) is 25.9 Å². The van der Waals surface area contributed by atoms with Crippen LogP contribution in [0.15, 0.2) is 18.2 Å². The first-order valence-electron chi connectivity index (χ1n) is 6.57. The Balaban J connectivity index is 2.06. The number of fused-ring (bicyclic) bond motifs is 1. The van der Waals surface area contributed by atoms with Crippen LogP contribution in [0.5, 0.6) is 11.5 Å². The van der Waals surface area contributed by atoms with Gasteiger partial charge in [-0.3, -0.25) is 0 Å². The SMILES string of the molecule is CN(CCO)CC(O)c1ccc2c(c1)OCCCO2.